The number of carbonyl (C=O) groups is 1. The van der Waals surface area contributed by atoms with Crippen LogP contribution in [0.15, 0.2) is 21.0 Å². The van der Waals surface area contributed by atoms with Crippen molar-refractivity contribution in [1.29, 1.82) is 0 Å². The molecule has 2 aromatic heterocycles. The fraction of sp³-hybridized carbons (Fsp3) is 0.533. The molecule has 1 N–H and O–H groups in total. The highest BCUT2D eigenvalue weighted by Gasteiger charge is 2.21. The zero-order valence-electron chi connectivity index (χ0n) is 12.5. The van der Waals surface area contributed by atoms with Gasteiger partial charge in [0.15, 0.2) is 5.13 Å². The van der Waals surface area contributed by atoms with E-state index < -0.39 is 0 Å². The van der Waals surface area contributed by atoms with E-state index in [1.165, 1.54) is 17.8 Å². The third-order valence-corrected chi connectivity index (χ3v) is 5.79. The maximum absolute atomic E-state index is 12.2. The quantitative estimate of drug-likeness (QED) is 0.826. The highest BCUT2D eigenvalue weighted by molar-refractivity contribution is 8.00. The van der Waals surface area contributed by atoms with Crippen LogP contribution in [0.1, 0.15) is 43.8 Å². The number of anilines is 1. The number of oxazole rings is 1. The zero-order valence-corrected chi connectivity index (χ0v) is 14.1. The van der Waals surface area contributed by atoms with Gasteiger partial charge in [-0.15, -0.1) is 11.8 Å². The van der Waals surface area contributed by atoms with Crippen molar-refractivity contribution < 1.29 is 9.21 Å². The minimum Gasteiger partial charge on any atom is -0.445 e. The summed E-state index contributed by atoms with van der Waals surface area (Å²) in [5.74, 6) is 2.48. The molecule has 2 heterocycles. The van der Waals surface area contributed by atoms with E-state index in [-0.39, 0.29) is 11.8 Å². The summed E-state index contributed by atoms with van der Waals surface area (Å²) in [6.07, 6.45) is 9.09. The second-order valence-electron chi connectivity index (χ2n) is 5.46. The van der Waals surface area contributed by atoms with Gasteiger partial charge in [0.05, 0.1) is 22.4 Å². The number of aromatic nitrogens is 2. The Bertz CT molecular complexity index is 632. The molecule has 2 aromatic rings. The Balaban J connectivity index is 1.51. The number of nitrogens with one attached hydrogen (secondary N) is 1. The number of nitrogens with zero attached hydrogens (tertiary/aromatic N) is 2. The first-order valence-corrected chi connectivity index (χ1v) is 9.32. The maximum Gasteiger partial charge on any atom is 0.229 e. The Morgan fingerprint density at radius 1 is 1.36 bits per heavy atom. The van der Waals surface area contributed by atoms with E-state index >= 15 is 0 Å². The molecule has 1 aliphatic carbocycles. The summed E-state index contributed by atoms with van der Waals surface area (Å²) < 4.78 is 6.49. The molecular weight excluding hydrogens is 318 g/mol. The van der Waals surface area contributed by atoms with E-state index in [1.54, 1.807) is 24.2 Å². The lowest BCUT2D eigenvalue weighted by Crippen LogP contribution is -2.24. The molecule has 118 valence electrons. The molecular formula is C15H19N3O2S2. The van der Waals surface area contributed by atoms with Crippen molar-refractivity contribution in [2.75, 3.05) is 5.32 Å². The summed E-state index contributed by atoms with van der Waals surface area (Å²) in [4.78, 5) is 20.6. The minimum absolute atomic E-state index is 0.119. The molecule has 3 rings (SSSR count). The van der Waals surface area contributed by atoms with E-state index in [9.17, 15) is 4.79 Å². The van der Waals surface area contributed by atoms with E-state index in [2.05, 4.69) is 15.3 Å². The van der Waals surface area contributed by atoms with Crippen molar-refractivity contribution in [3.8, 4) is 0 Å². The number of hydrogen-bond donors (Lipinski definition) is 1. The molecule has 1 saturated carbocycles. The predicted molar refractivity (Wildman–Crippen MR) is 88.1 cm³/mol. The number of aryl methyl sites for hydroxylation is 1. The van der Waals surface area contributed by atoms with E-state index in [4.69, 9.17) is 4.42 Å². The van der Waals surface area contributed by atoms with Crippen LogP contribution in [0.5, 0.6) is 0 Å². The summed E-state index contributed by atoms with van der Waals surface area (Å²) in [6, 6.07) is 0. The molecule has 7 heteroatoms. The summed E-state index contributed by atoms with van der Waals surface area (Å²) in [5, 5.41) is 3.63. The van der Waals surface area contributed by atoms with E-state index in [1.807, 2.05) is 6.92 Å². The normalized spacial score (nSPS) is 15.9. The molecule has 0 aliphatic heterocycles. The van der Waals surface area contributed by atoms with Crippen LogP contribution in [0.25, 0.3) is 0 Å². The van der Waals surface area contributed by atoms with Gasteiger partial charge in [-0.1, -0.05) is 30.6 Å². The van der Waals surface area contributed by atoms with Crippen LogP contribution in [0.3, 0.4) is 0 Å². The fourth-order valence-corrected chi connectivity index (χ4v) is 4.29. The lowest BCUT2D eigenvalue weighted by molar-refractivity contribution is -0.120. The average Bonchev–Trinajstić information content (AvgIpc) is 3.15. The van der Waals surface area contributed by atoms with Crippen LogP contribution in [0, 0.1) is 12.8 Å². The van der Waals surface area contributed by atoms with Crippen molar-refractivity contribution in [1.82, 2.24) is 9.97 Å². The first-order valence-electron chi connectivity index (χ1n) is 7.51. The predicted octanol–water partition coefficient (Wildman–Crippen LogP) is 4.25. The van der Waals surface area contributed by atoms with Gasteiger partial charge in [-0.25, -0.2) is 9.97 Å². The number of thiazole rings is 1. The molecule has 0 aromatic carbocycles. The molecule has 0 bridgehead atoms. The highest BCUT2D eigenvalue weighted by Crippen LogP contribution is 2.31. The monoisotopic (exact) mass is 337 g/mol. The largest absolute Gasteiger partial charge is 0.445 e. The molecule has 22 heavy (non-hydrogen) atoms. The van der Waals surface area contributed by atoms with Crippen LogP contribution < -0.4 is 5.32 Å². The van der Waals surface area contributed by atoms with E-state index in [0.29, 0.717) is 16.8 Å². The minimum atomic E-state index is 0.119. The van der Waals surface area contributed by atoms with Gasteiger partial charge >= 0.3 is 0 Å². The first kappa shape index (κ1) is 15.6. The molecule has 0 unspecified atom stereocenters. The summed E-state index contributed by atoms with van der Waals surface area (Å²) in [6.45, 7) is 1.88. The fourth-order valence-electron chi connectivity index (χ4n) is 2.56. The maximum atomic E-state index is 12.2. The average molecular weight is 337 g/mol. The second-order valence-corrected chi connectivity index (χ2v) is 7.77. The Labute approximate surface area is 137 Å². The first-order chi connectivity index (χ1) is 10.7. The van der Waals surface area contributed by atoms with Crippen LogP contribution in [-0.4, -0.2) is 15.9 Å². The second kappa shape index (κ2) is 7.28. The third kappa shape index (κ3) is 4.10. The summed E-state index contributed by atoms with van der Waals surface area (Å²) >= 11 is 3.12. The number of rotatable bonds is 5. The molecule has 1 aliphatic rings. The number of thioether (sulfide) groups is 1. The molecule has 5 nitrogen and oxygen atoms in total. The molecule has 0 radical (unpaired) electrons. The standard InChI is InChI=1S/C15H19N3O2S2/c1-10-7-16-12(20-10)9-21-13-8-17-15(22-13)18-14(19)11-5-3-2-4-6-11/h7-8,11H,2-6,9H2,1H3,(H,17,18,19). The van der Waals surface area contributed by atoms with Crippen LogP contribution in [-0.2, 0) is 10.5 Å². The van der Waals surface area contributed by atoms with Crippen molar-refractivity contribution in [2.24, 2.45) is 5.92 Å². The highest BCUT2D eigenvalue weighted by atomic mass is 32.2. The van der Waals surface area contributed by atoms with Gasteiger partial charge in [0.2, 0.25) is 11.8 Å². The molecule has 0 saturated heterocycles. The molecule has 1 amide bonds. The SMILES string of the molecule is Cc1cnc(CSc2cnc(NC(=O)C3CCCCC3)s2)o1. The summed E-state index contributed by atoms with van der Waals surface area (Å²) in [7, 11) is 0. The van der Waals surface area contributed by atoms with Crippen molar-refractivity contribution >= 4 is 34.1 Å². The zero-order chi connectivity index (χ0) is 15.4. The van der Waals surface area contributed by atoms with Gasteiger partial charge in [-0.05, 0) is 19.8 Å². The van der Waals surface area contributed by atoms with Crippen molar-refractivity contribution in [3.63, 3.8) is 0 Å². The molecule has 1 fully saturated rings. The Morgan fingerprint density at radius 3 is 2.91 bits per heavy atom. The topological polar surface area (TPSA) is 68.0 Å². The third-order valence-electron chi connectivity index (χ3n) is 3.70. The smallest absolute Gasteiger partial charge is 0.229 e. The number of hydrogen-bond acceptors (Lipinski definition) is 6. The molecule has 0 atom stereocenters. The van der Waals surface area contributed by atoms with Gasteiger partial charge in [-0.3, -0.25) is 4.79 Å². The van der Waals surface area contributed by atoms with Gasteiger partial charge in [-0.2, -0.15) is 0 Å². The number of amides is 1. The van der Waals surface area contributed by atoms with Crippen LogP contribution in [0.4, 0.5) is 5.13 Å². The van der Waals surface area contributed by atoms with Crippen LogP contribution >= 0.6 is 23.1 Å². The van der Waals surface area contributed by atoms with Crippen molar-refractivity contribution in [2.45, 2.75) is 49.0 Å². The lowest BCUT2D eigenvalue weighted by Gasteiger charge is -2.19. The van der Waals surface area contributed by atoms with Gasteiger partial charge in [0.1, 0.15) is 5.76 Å². The Kier molecular flexibility index (Phi) is 5.15. The Hall–Kier alpha value is -1.34. The van der Waals surface area contributed by atoms with Gasteiger partial charge < -0.3 is 9.73 Å². The Morgan fingerprint density at radius 2 is 2.18 bits per heavy atom. The van der Waals surface area contributed by atoms with Crippen LogP contribution in [0.2, 0.25) is 0 Å². The van der Waals surface area contributed by atoms with Crippen molar-refractivity contribution in [3.05, 3.63) is 24.0 Å². The summed E-state index contributed by atoms with van der Waals surface area (Å²) in [5.41, 5.74) is 0. The van der Waals surface area contributed by atoms with Gasteiger partial charge in [0.25, 0.3) is 0 Å². The molecule has 0 spiro atoms. The van der Waals surface area contributed by atoms with E-state index in [0.717, 1.165) is 35.7 Å². The van der Waals surface area contributed by atoms with Gasteiger partial charge in [0, 0.05) is 5.92 Å². The number of carbonyl (C=O) groups excluding carboxylic acids is 1. The lowest BCUT2D eigenvalue weighted by atomic mass is 9.89.